The Balaban J connectivity index is 2.58. The van der Waals surface area contributed by atoms with Crippen LogP contribution in [-0.2, 0) is 11.3 Å². The topological polar surface area (TPSA) is 59.2 Å². The zero-order chi connectivity index (χ0) is 12.0. The van der Waals surface area contributed by atoms with Gasteiger partial charge in [-0.15, -0.1) is 0 Å². The van der Waals surface area contributed by atoms with Gasteiger partial charge in [0.1, 0.15) is 0 Å². The number of nitrogens with two attached hydrogens (primary N) is 1. The minimum absolute atomic E-state index is 0.0631. The van der Waals surface area contributed by atoms with E-state index in [-0.39, 0.29) is 11.8 Å². The van der Waals surface area contributed by atoms with E-state index in [9.17, 15) is 4.79 Å². The highest BCUT2D eigenvalue weighted by atomic mass is 16.2. The summed E-state index contributed by atoms with van der Waals surface area (Å²) in [5, 5.41) is 0. The Morgan fingerprint density at radius 2 is 2.12 bits per heavy atom. The van der Waals surface area contributed by atoms with Crippen LogP contribution in [0, 0.1) is 5.92 Å². The number of carbonyl (C=O) groups is 1. The van der Waals surface area contributed by atoms with Gasteiger partial charge in [-0.25, -0.2) is 0 Å². The smallest absolute Gasteiger partial charge is 0.226 e. The van der Waals surface area contributed by atoms with Crippen molar-refractivity contribution in [3.8, 4) is 0 Å². The molecule has 1 unspecified atom stereocenters. The van der Waals surface area contributed by atoms with Gasteiger partial charge in [-0.1, -0.05) is 6.92 Å². The van der Waals surface area contributed by atoms with Crippen LogP contribution in [0.4, 0.5) is 0 Å². The van der Waals surface area contributed by atoms with Crippen LogP contribution >= 0.6 is 0 Å². The number of amides is 1. The van der Waals surface area contributed by atoms with E-state index in [2.05, 4.69) is 4.98 Å². The minimum Gasteiger partial charge on any atom is -0.341 e. The Labute approximate surface area is 96.5 Å². The molecule has 1 aromatic heterocycles. The third kappa shape index (κ3) is 3.31. The standard InChI is InChI=1S/C12H19N3O/c1-3-11(8-13)12(16)15(2)9-10-4-6-14-7-5-10/h4-7,11H,3,8-9,13H2,1-2H3. The SMILES string of the molecule is CCC(CN)C(=O)N(C)Cc1ccncc1. The molecule has 1 heterocycles. The fourth-order valence-electron chi connectivity index (χ4n) is 1.59. The number of hydrogen-bond donors (Lipinski definition) is 1. The van der Waals surface area contributed by atoms with Gasteiger partial charge >= 0.3 is 0 Å². The van der Waals surface area contributed by atoms with Gasteiger partial charge in [0, 0.05) is 32.5 Å². The zero-order valence-electron chi connectivity index (χ0n) is 9.89. The molecule has 0 radical (unpaired) electrons. The van der Waals surface area contributed by atoms with Crippen LogP contribution in [0.25, 0.3) is 0 Å². The lowest BCUT2D eigenvalue weighted by Crippen LogP contribution is -2.35. The molecule has 0 spiro atoms. The largest absolute Gasteiger partial charge is 0.341 e. The summed E-state index contributed by atoms with van der Waals surface area (Å²) in [4.78, 5) is 17.6. The predicted molar refractivity (Wildman–Crippen MR) is 63.5 cm³/mol. The van der Waals surface area contributed by atoms with Crippen molar-refractivity contribution < 1.29 is 4.79 Å². The fourth-order valence-corrected chi connectivity index (χ4v) is 1.59. The molecule has 0 aromatic carbocycles. The van der Waals surface area contributed by atoms with E-state index in [0.717, 1.165) is 12.0 Å². The predicted octanol–water partition coefficient (Wildman–Crippen LogP) is 1.02. The van der Waals surface area contributed by atoms with Crippen LogP contribution in [0.3, 0.4) is 0 Å². The van der Waals surface area contributed by atoms with Gasteiger partial charge in [0.05, 0.1) is 5.92 Å². The highest BCUT2D eigenvalue weighted by molar-refractivity contribution is 5.78. The van der Waals surface area contributed by atoms with Crippen LogP contribution in [0.2, 0.25) is 0 Å². The molecule has 4 nitrogen and oxygen atoms in total. The number of nitrogens with zero attached hydrogens (tertiary/aromatic N) is 2. The van der Waals surface area contributed by atoms with Crippen molar-refractivity contribution in [2.45, 2.75) is 19.9 Å². The maximum atomic E-state index is 11.9. The van der Waals surface area contributed by atoms with Gasteiger partial charge in [0.2, 0.25) is 5.91 Å². The van der Waals surface area contributed by atoms with E-state index < -0.39 is 0 Å². The first-order valence-corrected chi connectivity index (χ1v) is 5.53. The molecule has 1 atom stereocenters. The third-order valence-corrected chi connectivity index (χ3v) is 2.67. The Kier molecular flexibility index (Phi) is 4.92. The normalized spacial score (nSPS) is 12.2. The number of carbonyl (C=O) groups excluding carboxylic acids is 1. The molecule has 0 saturated carbocycles. The molecule has 88 valence electrons. The highest BCUT2D eigenvalue weighted by Gasteiger charge is 2.18. The second kappa shape index (κ2) is 6.23. The summed E-state index contributed by atoms with van der Waals surface area (Å²) in [5.74, 6) is 0.0497. The van der Waals surface area contributed by atoms with Crippen LogP contribution in [0.15, 0.2) is 24.5 Å². The molecule has 1 rings (SSSR count). The van der Waals surface area contributed by atoms with Gasteiger partial charge in [0.15, 0.2) is 0 Å². The lowest BCUT2D eigenvalue weighted by atomic mass is 10.1. The lowest BCUT2D eigenvalue weighted by molar-refractivity contribution is -0.134. The van der Waals surface area contributed by atoms with Gasteiger partial charge in [-0.05, 0) is 24.1 Å². The van der Waals surface area contributed by atoms with Gasteiger partial charge in [0.25, 0.3) is 0 Å². The average molecular weight is 221 g/mol. The van der Waals surface area contributed by atoms with Crippen molar-refractivity contribution in [3.05, 3.63) is 30.1 Å². The van der Waals surface area contributed by atoms with E-state index >= 15 is 0 Å². The van der Waals surface area contributed by atoms with E-state index in [1.165, 1.54) is 0 Å². The van der Waals surface area contributed by atoms with Crippen molar-refractivity contribution in [1.82, 2.24) is 9.88 Å². The van der Waals surface area contributed by atoms with Crippen LogP contribution < -0.4 is 5.73 Å². The summed E-state index contributed by atoms with van der Waals surface area (Å²) in [7, 11) is 1.81. The molecule has 16 heavy (non-hydrogen) atoms. The first-order chi connectivity index (χ1) is 7.69. The molecule has 0 bridgehead atoms. The first-order valence-electron chi connectivity index (χ1n) is 5.53. The Morgan fingerprint density at radius 3 is 2.62 bits per heavy atom. The molecule has 0 saturated heterocycles. The third-order valence-electron chi connectivity index (χ3n) is 2.67. The molecule has 1 amide bonds. The Morgan fingerprint density at radius 1 is 1.50 bits per heavy atom. The van der Waals surface area contributed by atoms with Crippen molar-refractivity contribution in [2.75, 3.05) is 13.6 Å². The number of rotatable bonds is 5. The van der Waals surface area contributed by atoms with Gasteiger partial charge in [-0.2, -0.15) is 0 Å². The molecular formula is C12H19N3O. The number of aromatic nitrogens is 1. The fraction of sp³-hybridized carbons (Fsp3) is 0.500. The van der Waals surface area contributed by atoms with E-state index in [4.69, 9.17) is 5.73 Å². The molecule has 1 aromatic rings. The maximum Gasteiger partial charge on any atom is 0.226 e. The zero-order valence-corrected chi connectivity index (χ0v) is 9.89. The summed E-state index contributed by atoms with van der Waals surface area (Å²) in [6, 6.07) is 3.82. The van der Waals surface area contributed by atoms with Gasteiger partial charge < -0.3 is 10.6 Å². The van der Waals surface area contributed by atoms with Crippen molar-refractivity contribution in [2.24, 2.45) is 11.7 Å². The van der Waals surface area contributed by atoms with Crippen LogP contribution in [0.1, 0.15) is 18.9 Å². The summed E-state index contributed by atoms with van der Waals surface area (Å²) in [6.07, 6.45) is 4.25. The molecular weight excluding hydrogens is 202 g/mol. The van der Waals surface area contributed by atoms with E-state index in [1.54, 1.807) is 24.3 Å². The molecule has 4 heteroatoms. The lowest BCUT2D eigenvalue weighted by Gasteiger charge is -2.22. The van der Waals surface area contributed by atoms with E-state index in [1.807, 2.05) is 19.1 Å². The molecule has 0 aliphatic heterocycles. The quantitative estimate of drug-likeness (QED) is 0.807. The second-order valence-electron chi connectivity index (χ2n) is 3.89. The minimum atomic E-state index is -0.0631. The summed E-state index contributed by atoms with van der Waals surface area (Å²) in [6.45, 7) is 3.00. The molecule has 0 fully saturated rings. The summed E-state index contributed by atoms with van der Waals surface area (Å²) < 4.78 is 0. The second-order valence-corrected chi connectivity index (χ2v) is 3.89. The van der Waals surface area contributed by atoms with E-state index in [0.29, 0.717) is 13.1 Å². The number of pyridine rings is 1. The number of hydrogen-bond acceptors (Lipinski definition) is 3. The highest BCUT2D eigenvalue weighted by Crippen LogP contribution is 2.08. The monoisotopic (exact) mass is 221 g/mol. The average Bonchev–Trinajstić information content (AvgIpc) is 2.31. The van der Waals surface area contributed by atoms with Crippen LogP contribution in [-0.4, -0.2) is 29.4 Å². The Hall–Kier alpha value is -1.42. The molecule has 0 aliphatic rings. The van der Waals surface area contributed by atoms with Crippen molar-refractivity contribution in [1.29, 1.82) is 0 Å². The van der Waals surface area contributed by atoms with Gasteiger partial charge in [-0.3, -0.25) is 9.78 Å². The first kappa shape index (κ1) is 12.6. The summed E-state index contributed by atoms with van der Waals surface area (Å²) in [5.41, 5.74) is 6.64. The maximum absolute atomic E-state index is 11.9. The van der Waals surface area contributed by atoms with Crippen molar-refractivity contribution >= 4 is 5.91 Å². The summed E-state index contributed by atoms with van der Waals surface area (Å²) >= 11 is 0. The molecule has 2 N–H and O–H groups in total. The Bertz CT molecular complexity index is 322. The molecule has 0 aliphatic carbocycles. The van der Waals surface area contributed by atoms with Crippen LogP contribution in [0.5, 0.6) is 0 Å². The van der Waals surface area contributed by atoms with Crippen molar-refractivity contribution in [3.63, 3.8) is 0 Å².